The van der Waals surface area contributed by atoms with Gasteiger partial charge < -0.3 is 19.8 Å². The van der Waals surface area contributed by atoms with Crippen molar-refractivity contribution in [3.05, 3.63) is 89.1 Å². The summed E-state index contributed by atoms with van der Waals surface area (Å²) in [5, 5.41) is 6.50. The Morgan fingerprint density at radius 2 is 1.61 bits per heavy atom. The maximum atomic E-state index is 13.1. The number of furan rings is 1. The smallest absolute Gasteiger partial charge is 0.293 e. The van der Waals surface area contributed by atoms with Gasteiger partial charge in [0.1, 0.15) is 17.0 Å². The summed E-state index contributed by atoms with van der Waals surface area (Å²) in [6.07, 6.45) is 0. The van der Waals surface area contributed by atoms with Gasteiger partial charge in [-0.05, 0) is 43.3 Å². The highest BCUT2D eigenvalue weighted by molar-refractivity contribution is 6.34. The van der Waals surface area contributed by atoms with Gasteiger partial charge in [-0.2, -0.15) is 0 Å². The first-order valence-electron chi connectivity index (χ1n) is 9.69. The zero-order valence-corrected chi connectivity index (χ0v) is 17.4. The molecule has 0 aliphatic carbocycles. The number of benzene rings is 3. The van der Waals surface area contributed by atoms with Crippen molar-refractivity contribution in [2.24, 2.45) is 0 Å². The molecule has 0 spiro atoms. The number of para-hydroxylation sites is 3. The van der Waals surface area contributed by atoms with Gasteiger partial charge in [0.15, 0.2) is 0 Å². The van der Waals surface area contributed by atoms with Crippen molar-refractivity contribution in [2.75, 3.05) is 17.2 Å². The Hall–Kier alpha value is -3.77. The second-order valence-corrected chi connectivity index (χ2v) is 7.03. The van der Waals surface area contributed by atoms with Gasteiger partial charge in [0.2, 0.25) is 5.76 Å². The largest absolute Gasteiger partial charge is 0.492 e. The van der Waals surface area contributed by atoms with Crippen molar-refractivity contribution >= 4 is 45.8 Å². The highest BCUT2D eigenvalue weighted by Crippen LogP contribution is 2.33. The van der Waals surface area contributed by atoms with Gasteiger partial charge in [-0.25, -0.2) is 0 Å². The topological polar surface area (TPSA) is 80.6 Å². The Morgan fingerprint density at radius 3 is 2.42 bits per heavy atom. The molecule has 0 aliphatic rings. The van der Waals surface area contributed by atoms with Crippen molar-refractivity contribution in [3.8, 4) is 5.75 Å². The van der Waals surface area contributed by atoms with Crippen molar-refractivity contribution in [1.29, 1.82) is 0 Å². The molecule has 0 saturated carbocycles. The summed E-state index contributed by atoms with van der Waals surface area (Å²) in [4.78, 5) is 26.0. The first kappa shape index (κ1) is 20.5. The Labute approximate surface area is 183 Å². The average Bonchev–Trinajstić information content (AvgIpc) is 3.14. The van der Waals surface area contributed by atoms with Crippen molar-refractivity contribution in [1.82, 2.24) is 0 Å². The van der Waals surface area contributed by atoms with Crippen LogP contribution >= 0.6 is 11.6 Å². The van der Waals surface area contributed by atoms with Crippen molar-refractivity contribution < 1.29 is 18.7 Å². The molecule has 2 amide bonds. The molecule has 156 valence electrons. The lowest BCUT2D eigenvalue weighted by molar-refractivity contribution is 0.0999. The number of hydrogen-bond acceptors (Lipinski definition) is 4. The van der Waals surface area contributed by atoms with E-state index in [0.717, 1.165) is 0 Å². The van der Waals surface area contributed by atoms with E-state index in [-0.39, 0.29) is 11.4 Å². The van der Waals surface area contributed by atoms with Gasteiger partial charge >= 0.3 is 0 Å². The van der Waals surface area contributed by atoms with E-state index in [2.05, 4.69) is 10.6 Å². The fourth-order valence-corrected chi connectivity index (χ4v) is 3.41. The number of rotatable bonds is 6. The molecule has 0 atom stereocenters. The molecule has 1 aromatic heterocycles. The molecule has 0 bridgehead atoms. The third-order valence-electron chi connectivity index (χ3n) is 4.59. The molecule has 0 aliphatic heterocycles. The molecular formula is C24H19ClN2O4. The predicted molar refractivity (Wildman–Crippen MR) is 121 cm³/mol. The monoisotopic (exact) mass is 434 g/mol. The van der Waals surface area contributed by atoms with Crippen LogP contribution in [0.25, 0.3) is 11.0 Å². The Kier molecular flexibility index (Phi) is 5.91. The van der Waals surface area contributed by atoms with Crippen molar-refractivity contribution in [2.45, 2.75) is 6.92 Å². The van der Waals surface area contributed by atoms with Crippen LogP contribution in [0.15, 0.2) is 77.2 Å². The van der Waals surface area contributed by atoms with E-state index in [4.69, 9.17) is 20.8 Å². The van der Waals surface area contributed by atoms with Gasteiger partial charge in [0, 0.05) is 5.39 Å². The summed E-state index contributed by atoms with van der Waals surface area (Å²) in [5.74, 6) is -0.442. The zero-order chi connectivity index (χ0) is 21.8. The first-order valence-corrected chi connectivity index (χ1v) is 10.1. The first-order chi connectivity index (χ1) is 15.1. The lowest BCUT2D eigenvalue weighted by atomic mass is 10.1. The third-order valence-corrected chi connectivity index (χ3v) is 4.92. The van der Waals surface area contributed by atoms with Crippen LogP contribution in [-0.2, 0) is 0 Å². The van der Waals surface area contributed by atoms with Crippen LogP contribution in [0.2, 0.25) is 5.02 Å². The van der Waals surface area contributed by atoms with Crippen molar-refractivity contribution in [3.63, 3.8) is 0 Å². The number of hydrogen-bond donors (Lipinski definition) is 2. The van der Waals surface area contributed by atoms with Crippen LogP contribution in [0, 0.1) is 0 Å². The van der Waals surface area contributed by atoms with E-state index >= 15 is 0 Å². The van der Waals surface area contributed by atoms with Crippen LogP contribution < -0.4 is 15.4 Å². The molecule has 4 rings (SSSR count). The summed E-state index contributed by atoms with van der Waals surface area (Å²) >= 11 is 6.16. The minimum atomic E-state index is -0.516. The van der Waals surface area contributed by atoms with Crippen LogP contribution in [0.5, 0.6) is 5.75 Å². The standard InChI is InChI=1S/C24H19ClN2O4/c1-2-30-20-14-8-6-12-18(20)26-24(29)22-21(16-10-4-7-13-19(16)31-22)27-23(28)15-9-3-5-11-17(15)25/h3-14H,2H2,1H3,(H,26,29)(H,27,28). The molecule has 7 heteroatoms. The molecule has 4 aromatic rings. The number of halogens is 1. The molecule has 0 unspecified atom stereocenters. The second-order valence-electron chi connectivity index (χ2n) is 6.62. The number of carbonyl (C=O) groups excluding carboxylic acids is 2. The van der Waals surface area contributed by atoms with Gasteiger partial charge in [-0.15, -0.1) is 0 Å². The fourth-order valence-electron chi connectivity index (χ4n) is 3.19. The van der Waals surface area contributed by atoms with Crippen LogP contribution in [0.4, 0.5) is 11.4 Å². The summed E-state index contributed by atoms with van der Waals surface area (Å²) in [6.45, 7) is 2.32. The van der Waals surface area contributed by atoms with Crippen LogP contribution in [0.1, 0.15) is 27.8 Å². The minimum Gasteiger partial charge on any atom is -0.492 e. The van der Waals surface area contributed by atoms with Gasteiger partial charge in [0.25, 0.3) is 11.8 Å². The van der Waals surface area contributed by atoms with E-state index in [1.165, 1.54) is 0 Å². The highest BCUT2D eigenvalue weighted by Gasteiger charge is 2.24. The molecule has 0 fully saturated rings. The molecule has 0 saturated heterocycles. The molecule has 3 aromatic carbocycles. The summed E-state index contributed by atoms with van der Waals surface area (Å²) in [7, 11) is 0. The molecule has 31 heavy (non-hydrogen) atoms. The Bertz CT molecular complexity index is 1270. The maximum absolute atomic E-state index is 13.1. The van der Waals surface area contributed by atoms with Crippen LogP contribution in [-0.4, -0.2) is 18.4 Å². The lowest BCUT2D eigenvalue weighted by Gasteiger charge is -2.11. The number of amides is 2. The second kappa shape index (κ2) is 8.93. The lowest BCUT2D eigenvalue weighted by Crippen LogP contribution is -2.17. The number of anilines is 2. The number of ether oxygens (including phenoxy) is 1. The molecule has 1 heterocycles. The SMILES string of the molecule is CCOc1ccccc1NC(=O)c1oc2ccccc2c1NC(=O)c1ccccc1Cl. The number of nitrogens with one attached hydrogen (secondary N) is 2. The van der Waals surface area contributed by atoms with Crippen LogP contribution in [0.3, 0.4) is 0 Å². The Morgan fingerprint density at radius 1 is 0.903 bits per heavy atom. The van der Waals surface area contributed by atoms with E-state index in [1.54, 1.807) is 66.7 Å². The van der Waals surface area contributed by atoms with E-state index in [0.29, 0.717) is 39.6 Å². The average molecular weight is 435 g/mol. The predicted octanol–water partition coefficient (Wildman–Crippen LogP) is 5.99. The van der Waals surface area contributed by atoms with E-state index in [9.17, 15) is 9.59 Å². The summed E-state index contributed by atoms with van der Waals surface area (Å²) in [5.41, 5.74) is 1.53. The van der Waals surface area contributed by atoms with Gasteiger partial charge in [0.05, 0.1) is 22.9 Å². The molecule has 0 radical (unpaired) electrons. The molecular weight excluding hydrogens is 416 g/mol. The summed E-state index contributed by atoms with van der Waals surface area (Å²) in [6, 6.07) is 20.9. The third kappa shape index (κ3) is 4.25. The zero-order valence-electron chi connectivity index (χ0n) is 16.6. The van der Waals surface area contributed by atoms with E-state index < -0.39 is 11.8 Å². The van der Waals surface area contributed by atoms with E-state index in [1.807, 2.05) is 13.0 Å². The Balaban J connectivity index is 1.71. The van der Waals surface area contributed by atoms with Gasteiger partial charge in [-0.1, -0.05) is 48.0 Å². The highest BCUT2D eigenvalue weighted by atomic mass is 35.5. The maximum Gasteiger partial charge on any atom is 0.293 e. The van der Waals surface area contributed by atoms with Gasteiger partial charge in [-0.3, -0.25) is 9.59 Å². The summed E-state index contributed by atoms with van der Waals surface area (Å²) < 4.78 is 11.4. The minimum absolute atomic E-state index is 0.0205. The normalized spacial score (nSPS) is 10.6. The quantitative estimate of drug-likeness (QED) is 0.390. The fraction of sp³-hybridized carbons (Fsp3) is 0.0833. The molecule has 6 nitrogen and oxygen atoms in total. The molecule has 2 N–H and O–H groups in total. The number of carbonyl (C=O) groups is 2. The number of fused-ring (bicyclic) bond motifs is 1.